The van der Waals surface area contributed by atoms with Crippen LogP contribution in [0.4, 0.5) is 4.39 Å². The van der Waals surface area contributed by atoms with Crippen LogP contribution in [0.25, 0.3) is 31.8 Å². The van der Waals surface area contributed by atoms with Gasteiger partial charge in [0.15, 0.2) is 11.6 Å². The molecular weight excluding hydrogens is 883 g/mol. The van der Waals surface area contributed by atoms with E-state index in [0.717, 1.165) is 45.4 Å². The van der Waals surface area contributed by atoms with E-state index >= 15 is 0 Å². The van der Waals surface area contributed by atoms with Gasteiger partial charge in [-0.1, -0.05) is 35.3 Å². The lowest BCUT2D eigenvalue weighted by atomic mass is 9.92. The monoisotopic (exact) mass is 928 g/mol. The van der Waals surface area contributed by atoms with Gasteiger partial charge < -0.3 is 33.7 Å². The third kappa shape index (κ3) is 9.33. The van der Waals surface area contributed by atoms with Gasteiger partial charge in [0.2, 0.25) is 12.0 Å². The van der Waals surface area contributed by atoms with Gasteiger partial charge in [-0.05, 0) is 98.8 Å². The highest BCUT2D eigenvalue weighted by atomic mass is 35.5. The van der Waals surface area contributed by atoms with Crippen LogP contribution in [-0.4, -0.2) is 106 Å². The smallest absolute Gasteiger partial charge is 0.345 e. The molecule has 4 aliphatic rings. The molecule has 1 N–H and O–H groups in total. The zero-order valence-electron chi connectivity index (χ0n) is 35.6. The Bertz CT molecular complexity index is 2650. The maximum atomic E-state index is 14.3. The summed E-state index contributed by atoms with van der Waals surface area (Å²) in [4.78, 5) is 37.5. The Morgan fingerprint density at radius 1 is 0.969 bits per heavy atom. The van der Waals surface area contributed by atoms with Crippen LogP contribution in [0.15, 0.2) is 61.1 Å². The molecule has 7 heterocycles. The quantitative estimate of drug-likeness (QED) is 0.155. The molecule has 0 radical (unpaired) electrons. The zero-order valence-corrected chi connectivity index (χ0v) is 37.9. The lowest BCUT2D eigenvalue weighted by Gasteiger charge is -2.35. The topological polar surface area (TPSA) is 141 Å². The first-order chi connectivity index (χ1) is 31.0. The third-order valence-corrected chi connectivity index (χ3v) is 14.0. The number of halogens is 3. The van der Waals surface area contributed by atoms with Crippen LogP contribution in [0.1, 0.15) is 53.6 Å². The Labute approximate surface area is 384 Å². The molecule has 17 heteroatoms. The number of piperazine rings is 1. The standard InChI is InChI=1S/C47H47Cl2FN6O7S/c1-26-37-27(2)41(49)42(40(26)48)62-33(22-56-17-15-55(3)16-18-56)24-60-32-11-12-34(61-23-31-13-14-51-44(54-31)35-6-4-5-19-59-35)29(20-32)21-36(47(57)58)63-45-39-38(37)43(64-46(39)53-25-52-45)28-7-9-30(50)10-8-28/h7-14,20,25,33,35-36H,4-6,15-19,21-24H2,1-3H3,(H,57,58)/t33-,35+,36-/m1/s1. The van der Waals surface area contributed by atoms with Gasteiger partial charge >= 0.3 is 5.97 Å². The summed E-state index contributed by atoms with van der Waals surface area (Å²) in [7, 11) is 2.10. The average Bonchev–Trinajstić information content (AvgIpc) is 3.69. The number of nitrogens with zero attached hydrogens (tertiary/aromatic N) is 6. The van der Waals surface area contributed by atoms with E-state index in [1.165, 1.54) is 29.8 Å². The van der Waals surface area contributed by atoms with E-state index in [2.05, 4.69) is 31.8 Å². The highest BCUT2D eigenvalue weighted by Gasteiger charge is 2.32. The van der Waals surface area contributed by atoms with Crippen molar-refractivity contribution in [2.75, 3.05) is 53.0 Å². The van der Waals surface area contributed by atoms with E-state index in [4.69, 9.17) is 51.9 Å². The number of likely N-dealkylation sites (N-methyl/N-ethyl adjacent to an activating group) is 1. The van der Waals surface area contributed by atoms with Crippen LogP contribution < -0.4 is 18.9 Å². The number of carbonyl (C=O) groups is 1. The molecule has 10 rings (SSSR count). The van der Waals surface area contributed by atoms with E-state index in [1.54, 1.807) is 42.6 Å². The number of benzene rings is 3. The second kappa shape index (κ2) is 19.1. The fourth-order valence-electron chi connectivity index (χ4n) is 8.46. The van der Waals surface area contributed by atoms with Crippen LogP contribution in [0.3, 0.4) is 0 Å². The first-order valence-electron chi connectivity index (χ1n) is 21.3. The predicted octanol–water partition coefficient (Wildman–Crippen LogP) is 9.16. The number of fused-ring (bicyclic) bond motifs is 7. The normalized spacial score (nSPS) is 19.7. The fourth-order valence-corrected chi connectivity index (χ4v) is 10.1. The number of hydrogen-bond acceptors (Lipinski definition) is 13. The number of aliphatic carboxylic acids is 1. The summed E-state index contributed by atoms with van der Waals surface area (Å²) in [5.41, 5.74) is 4.46. The van der Waals surface area contributed by atoms with Gasteiger partial charge in [-0.3, -0.25) is 4.90 Å². The number of carboxylic acids is 1. The lowest BCUT2D eigenvalue weighted by molar-refractivity contribution is -0.145. The molecule has 13 nitrogen and oxygen atoms in total. The highest BCUT2D eigenvalue weighted by molar-refractivity contribution is 7.22. The van der Waals surface area contributed by atoms with E-state index in [9.17, 15) is 14.3 Å². The average molecular weight is 930 g/mol. The molecule has 0 aliphatic carbocycles. The van der Waals surface area contributed by atoms with Crippen molar-refractivity contribution in [3.8, 4) is 44.7 Å². The van der Waals surface area contributed by atoms with Crippen LogP contribution in [0.5, 0.6) is 23.1 Å². The summed E-state index contributed by atoms with van der Waals surface area (Å²) in [5, 5.41) is 11.9. The number of carboxylic acid groups (broad SMARTS) is 1. The first-order valence-corrected chi connectivity index (χ1v) is 22.9. The molecule has 2 fully saturated rings. The summed E-state index contributed by atoms with van der Waals surface area (Å²) >= 11 is 16.0. The summed E-state index contributed by atoms with van der Waals surface area (Å²) in [6.45, 7) is 8.65. The van der Waals surface area contributed by atoms with Gasteiger partial charge in [-0.15, -0.1) is 11.3 Å². The van der Waals surface area contributed by atoms with Crippen molar-refractivity contribution < 1.29 is 38.0 Å². The molecule has 334 valence electrons. The first kappa shape index (κ1) is 44.1. The van der Waals surface area contributed by atoms with Gasteiger partial charge in [0.05, 0.1) is 21.1 Å². The van der Waals surface area contributed by atoms with Crippen LogP contribution >= 0.6 is 34.5 Å². The molecule has 3 aromatic heterocycles. The Morgan fingerprint density at radius 2 is 1.75 bits per heavy atom. The summed E-state index contributed by atoms with van der Waals surface area (Å²) in [6, 6.07) is 13.2. The number of ether oxygens (including phenoxy) is 5. The van der Waals surface area contributed by atoms with E-state index < -0.39 is 24.0 Å². The Hall–Kier alpha value is -5.16. The van der Waals surface area contributed by atoms with Crippen molar-refractivity contribution >= 4 is 50.7 Å². The molecule has 4 bridgehead atoms. The summed E-state index contributed by atoms with van der Waals surface area (Å²) < 4.78 is 46.5. The van der Waals surface area contributed by atoms with Crippen molar-refractivity contribution in [2.24, 2.45) is 0 Å². The van der Waals surface area contributed by atoms with E-state index in [-0.39, 0.29) is 31.6 Å². The Kier molecular flexibility index (Phi) is 13.2. The number of aromatic nitrogens is 4. The van der Waals surface area contributed by atoms with Gasteiger partial charge in [0.25, 0.3) is 0 Å². The SMILES string of the molecule is Cc1c(Cl)c2c(Cl)c(C)c1-c1c(-c3ccc(F)cc3)sc3ncnc(c13)O[C@@H](C(=O)O)Cc1cc(ccc1OCc1ccnc([C@@H]3CCCCO3)n1)OC[C@@H](CN1CCN(C)CC1)O2. The minimum absolute atomic E-state index is 0.0354. The molecule has 3 atom stereocenters. The lowest BCUT2D eigenvalue weighted by Crippen LogP contribution is -2.49. The van der Waals surface area contributed by atoms with Gasteiger partial charge in [0.1, 0.15) is 53.9 Å². The van der Waals surface area contributed by atoms with Crippen molar-refractivity contribution in [2.45, 2.75) is 64.4 Å². The van der Waals surface area contributed by atoms with Gasteiger partial charge in [0, 0.05) is 68.0 Å². The Morgan fingerprint density at radius 3 is 2.48 bits per heavy atom. The Balaban J connectivity index is 1.16. The van der Waals surface area contributed by atoms with E-state index in [0.29, 0.717) is 100 Å². The number of hydrogen-bond donors (Lipinski definition) is 1. The second-order valence-corrected chi connectivity index (χ2v) is 18.1. The summed E-state index contributed by atoms with van der Waals surface area (Å²) in [6.07, 6.45) is 3.65. The van der Waals surface area contributed by atoms with Gasteiger partial charge in [-0.25, -0.2) is 29.1 Å². The van der Waals surface area contributed by atoms with E-state index in [1.807, 2.05) is 13.8 Å². The fraction of sp³-hybridized carbons (Fsp3) is 0.383. The molecule has 4 aliphatic heterocycles. The summed E-state index contributed by atoms with van der Waals surface area (Å²) in [5.74, 6) is 0.232. The maximum Gasteiger partial charge on any atom is 0.345 e. The number of thiophene rings is 1. The van der Waals surface area contributed by atoms with Crippen LogP contribution in [0.2, 0.25) is 10.0 Å². The van der Waals surface area contributed by atoms with Crippen LogP contribution in [0, 0.1) is 19.7 Å². The molecule has 0 unspecified atom stereocenters. The molecule has 0 spiro atoms. The molecule has 3 aromatic carbocycles. The van der Waals surface area contributed by atoms with Crippen molar-refractivity contribution in [1.82, 2.24) is 29.7 Å². The van der Waals surface area contributed by atoms with Crippen LogP contribution in [-0.2, 0) is 22.6 Å². The minimum Gasteiger partial charge on any atom is -0.490 e. The molecular formula is C47H47Cl2FN6O7S. The second-order valence-electron chi connectivity index (χ2n) is 16.4. The maximum absolute atomic E-state index is 14.3. The third-order valence-electron chi connectivity index (χ3n) is 11.9. The molecule has 6 aromatic rings. The molecule has 0 saturated carbocycles. The van der Waals surface area contributed by atoms with Crippen molar-refractivity contribution in [3.05, 3.63) is 105 Å². The highest BCUT2D eigenvalue weighted by Crippen LogP contribution is 2.53. The predicted molar refractivity (Wildman–Crippen MR) is 243 cm³/mol. The zero-order chi connectivity index (χ0) is 44.5. The number of rotatable bonds is 8. The van der Waals surface area contributed by atoms with Gasteiger partial charge in [-0.2, -0.15) is 0 Å². The molecule has 64 heavy (non-hydrogen) atoms. The molecule has 2 saturated heterocycles. The largest absolute Gasteiger partial charge is 0.490 e. The van der Waals surface area contributed by atoms with Crippen molar-refractivity contribution in [1.29, 1.82) is 0 Å². The van der Waals surface area contributed by atoms with Crippen molar-refractivity contribution in [3.63, 3.8) is 0 Å². The molecule has 0 amide bonds. The minimum atomic E-state index is -1.45.